The fourth-order valence-electron chi connectivity index (χ4n) is 4.15. The van der Waals surface area contributed by atoms with Crippen molar-refractivity contribution in [3.8, 4) is 5.75 Å². The standard InChI is InChI=1S/C28H30N4O3/c1-4-35-26-17-11-9-15-23(26)30-28(34)32(20(2)21-12-6-5-7-13-21)19-18-24-27(33)31(3)25-16-10-8-14-22(25)29-24/h5-17,20H,4,18-19H2,1-3H3,(H,30,34)/t20-/m0/s1. The van der Waals surface area contributed by atoms with Crippen molar-refractivity contribution in [3.63, 3.8) is 0 Å². The first-order valence-electron chi connectivity index (χ1n) is 11.8. The number of hydrogen-bond acceptors (Lipinski definition) is 4. The van der Waals surface area contributed by atoms with Gasteiger partial charge in [-0.3, -0.25) is 4.79 Å². The molecule has 0 spiro atoms. The van der Waals surface area contributed by atoms with Crippen molar-refractivity contribution in [1.82, 2.24) is 14.5 Å². The number of urea groups is 1. The number of hydrogen-bond donors (Lipinski definition) is 1. The second-order valence-electron chi connectivity index (χ2n) is 8.30. The summed E-state index contributed by atoms with van der Waals surface area (Å²) in [7, 11) is 1.75. The van der Waals surface area contributed by atoms with Gasteiger partial charge >= 0.3 is 6.03 Å². The highest BCUT2D eigenvalue weighted by molar-refractivity contribution is 5.91. The van der Waals surface area contributed by atoms with E-state index in [9.17, 15) is 9.59 Å². The largest absolute Gasteiger partial charge is 0.492 e. The first-order chi connectivity index (χ1) is 17.0. The first kappa shape index (κ1) is 24.0. The third-order valence-corrected chi connectivity index (χ3v) is 6.08. The highest BCUT2D eigenvalue weighted by atomic mass is 16.5. The maximum absolute atomic E-state index is 13.5. The van der Waals surface area contributed by atoms with E-state index >= 15 is 0 Å². The van der Waals surface area contributed by atoms with E-state index in [1.807, 2.05) is 92.7 Å². The highest BCUT2D eigenvalue weighted by Gasteiger charge is 2.23. The van der Waals surface area contributed by atoms with E-state index < -0.39 is 0 Å². The summed E-state index contributed by atoms with van der Waals surface area (Å²) in [5, 5.41) is 3.00. The minimum absolute atomic E-state index is 0.155. The molecule has 1 N–H and O–H groups in total. The van der Waals surface area contributed by atoms with Crippen LogP contribution in [0.4, 0.5) is 10.5 Å². The number of para-hydroxylation sites is 4. The molecule has 2 amide bonds. The molecule has 7 nitrogen and oxygen atoms in total. The fraction of sp³-hybridized carbons (Fsp3) is 0.250. The quantitative estimate of drug-likeness (QED) is 0.385. The van der Waals surface area contributed by atoms with Gasteiger partial charge in [0.25, 0.3) is 5.56 Å². The highest BCUT2D eigenvalue weighted by Crippen LogP contribution is 2.26. The van der Waals surface area contributed by atoms with E-state index in [2.05, 4.69) is 10.3 Å². The van der Waals surface area contributed by atoms with Crippen LogP contribution in [0.25, 0.3) is 11.0 Å². The van der Waals surface area contributed by atoms with Crippen LogP contribution in [0.2, 0.25) is 0 Å². The van der Waals surface area contributed by atoms with Crippen molar-refractivity contribution in [2.75, 3.05) is 18.5 Å². The summed E-state index contributed by atoms with van der Waals surface area (Å²) in [5.41, 5.74) is 3.41. The third kappa shape index (κ3) is 5.35. The molecule has 4 aromatic rings. The SMILES string of the molecule is CCOc1ccccc1NC(=O)N(CCc1nc2ccccc2n(C)c1=O)[C@@H](C)c1ccccc1. The Morgan fingerprint density at radius 2 is 1.71 bits per heavy atom. The molecule has 0 radical (unpaired) electrons. The molecule has 0 aliphatic carbocycles. The number of rotatable bonds is 8. The monoisotopic (exact) mass is 470 g/mol. The number of anilines is 1. The fourth-order valence-corrected chi connectivity index (χ4v) is 4.15. The average molecular weight is 471 g/mol. The van der Waals surface area contributed by atoms with Crippen LogP contribution in [0.3, 0.4) is 0 Å². The predicted octanol–water partition coefficient (Wildman–Crippen LogP) is 5.17. The molecule has 4 rings (SSSR count). The molecule has 0 aliphatic rings. The molecular weight excluding hydrogens is 440 g/mol. The van der Waals surface area contributed by atoms with E-state index in [0.717, 1.165) is 16.6 Å². The second-order valence-corrected chi connectivity index (χ2v) is 8.30. The summed E-state index contributed by atoms with van der Waals surface area (Å²) in [6.45, 7) is 4.70. The molecule has 0 aliphatic heterocycles. The number of nitrogens with one attached hydrogen (secondary N) is 1. The topological polar surface area (TPSA) is 76.5 Å². The van der Waals surface area contributed by atoms with Crippen molar-refractivity contribution >= 4 is 22.8 Å². The Kier molecular flexibility index (Phi) is 7.45. The van der Waals surface area contributed by atoms with Gasteiger partial charge in [-0.05, 0) is 43.7 Å². The van der Waals surface area contributed by atoms with E-state index in [-0.39, 0.29) is 17.6 Å². The smallest absolute Gasteiger partial charge is 0.322 e. The zero-order chi connectivity index (χ0) is 24.8. The van der Waals surface area contributed by atoms with Gasteiger partial charge in [0.1, 0.15) is 11.4 Å². The molecule has 1 atom stereocenters. The van der Waals surface area contributed by atoms with Crippen LogP contribution >= 0.6 is 0 Å². The maximum Gasteiger partial charge on any atom is 0.322 e. The minimum atomic E-state index is -0.272. The molecule has 35 heavy (non-hydrogen) atoms. The summed E-state index contributed by atoms with van der Waals surface area (Å²) in [4.78, 5) is 32.8. The lowest BCUT2D eigenvalue weighted by Crippen LogP contribution is -2.39. The second kappa shape index (κ2) is 10.9. The summed E-state index contributed by atoms with van der Waals surface area (Å²) >= 11 is 0. The van der Waals surface area contributed by atoms with Gasteiger partial charge in [0, 0.05) is 20.0 Å². The summed E-state index contributed by atoms with van der Waals surface area (Å²) in [6.07, 6.45) is 0.329. The van der Waals surface area contributed by atoms with Crippen LogP contribution in [0.1, 0.15) is 31.1 Å². The van der Waals surface area contributed by atoms with Gasteiger partial charge < -0.3 is 19.5 Å². The molecule has 0 fully saturated rings. The molecule has 0 saturated carbocycles. The molecule has 180 valence electrons. The summed E-state index contributed by atoms with van der Waals surface area (Å²) < 4.78 is 7.29. The van der Waals surface area contributed by atoms with Crippen molar-refractivity contribution in [2.45, 2.75) is 26.3 Å². The number of nitrogens with zero attached hydrogens (tertiary/aromatic N) is 3. The van der Waals surface area contributed by atoms with Gasteiger partial charge in [-0.1, -0.05) is 54.6 Å². The number of carbonyl (C=O) groups excluding carboxylic acids is 1. The van der Waals surface area contributed by atoms with E-state index in [0.29, 0.717) is 36.7 Å². The van der Waals surface area contributed by atoms with Gasteiger partial charge in [0.15, 0.2) is 0 Å². The molecule has 0 saturated heterocycles. The number of aromatic nitrogens is 2. The van der Waals surface area contributed by atoms with E-state index in [4.69, 9.17) is 4.74 Å². The lowest BCUT2D eigenvalue weighted by atomic mass is 10.1. The van der Waals surface area contributed by atoms with Gasteiger partial charge in [-0.2, -0.15) is 0 Å². The Morgan fingerprint density at radius 1 is 1.03 bits per heavy atom. The zero-order valence-corrected chi connectivity index (χ0v) is 20.3. The van der Waals surface area contributed by atoms with Crippen molar-refractivity contribution in [1.29, 1.82) is 0 Å². The molecule has 0 unspecified atom stereocenters. The van der Waals surface area contributed by atoms with Crippen LogP contribution in [-0.4, -0.2) is 33.6 Å². The third-order valence-electron chi connectivity index (χ3n) is 6.08. The first-order valence-corrected chi connectivity index (χ1v) is 11.8. The Balaban J connectivity index is 1.63. The van der Waals surface area contributed by atoms with Crippen molar-refractivity contribution < 1.29 is 9.53 Å². The maximum atomic E-state index is 13.5. The number of aryl methyl sites for hydroxylation is 1. The Labute approximate surface area is 205 Å². The zero-order valence-electron chi connectivity index (χ0n) is 20.3. The normalized spacial score (nSPS) is 11.7. The van der Waals surface area contributed by atoms with Crippen LogP contribution in [0.15, 0.2) is 83.7 Å². The van der Waals surface area contributed by atoms with Crippen LogP contribution in [-0.2, 0) is 13.5 Å². The van der Waals surface area contributed by atoms with Crippen molar-refractivity contribution in [3.05, 3.63) is 100 Å². The van der Waals surface area contributed by atoms with Gasteiger partial charge in [-0.15, -0.1) is 0 Å². The molecular formula is C28H30N4O3. The Hall–Kier alpha value is -4.13. The van der Waals surface area contributed by atoms with Gasteiger partial charge in [-0.25, -0.2) is 9.78 Å². The molecule has 3 aromatic carbocycles. The summed E-state index contributed by atoms with van der Waals surface area (Å²) in [5.74, 6) is 0.612. The number of ether oxygens (including phenoxy) is 1. The summed E-state index contributed by atoms with van der Waals surface area (Å²) in [6, 6.07) is 24.2. The Morgan fingerprint density at radius 3 is 2.49 bits per heavy atom. The van der Waals surface area contributed by atoms with E-state index in [1.54, 1.807) is 16.5 Å². The van der Waals surface area contributed by atoms with Crippen LogP contribution in [0.5, 0.6) is 5.75 Å². The number of benzene rings is 3. The molecule has 1 aromatic heterocycles. The Bertz CT molecular complexity index is 1370. The average Bonchev–Trinajstić information content (AvgIpc) is 2.88. The van der Waals surface area contributed by atoms with Crippen LogP contribution in [0, 0.1) is 0 Å². The van der Waals surface area contributed by atoms with E-state index in [1.165, 1.54) is 0 Å². The lowest BCUT2D eigenvalue weighted by Gasteiger charge is -2.30. The number of amides is 2. The van der Waals surface area contributed by atoms with Crippen molar-refractivity contribution in [2.24, 2.45) is 7.05 Å². The van der Waals surface area contributed by atoms with Crippen LogP contribution < -0.4 is 15.6 Å². The lowest BCUT2D eigenvalue weighted by molar-refractivity contribution is 0.193. The van der Waals surface area contributed by atoms with Gasteiger partial charge in [0.2, 0.25) is 0 Å². The van der Waals surface area contributed by atoms with Gasteiger partial charge in [0.05, 0.1) is 29.4 Å². The minimum Gasteiger partial charge on any atom is -0.492 e. The predicted molar refractivity (Wildman–Crippen MR) is 139 cm³/mol. The molecule has 7 heteroatoms. The molecule has 0 bridgehead atoms. The number of carbonyl (C=O) groups is 1. The molecule has 1 heterocycles. The number of fused-ring (bicyclic) bond motifs is 1.